The van der Waals surface area contributed by atoms with E-state index in [1.54, 1.807) is 34.6 Å². The van der Waals surface area contributed by atoms with E-state index in [-0.39, 0.29) is 49.2 Å². The van der Waals surface area contributed by atoms with Crippen LogP contribution in [0.25, 0.3) is 0 Å². The van der Waals surface area contributed by atoms with Gasteiger partial charge < -0.3 is 149 Å². The quantitative estimate of drug-likeness (QED) is 0.0274. The molecule has 0 saturated heterocycles. The van der Waals surface area contributed by atoms with Gasteiger partial charge in [-0.15, -0.1) is 0 Å². The van der Waals surface area contributed by atoms with Crippen LogP contribution in [0, 0.1) is 17.8 Å². The van der Waals surface area contributed by atoms with Gasteiger partial charge in [-0.1, -0.05) is 72.2 Å². The van der Waals surface area contributed by atoms with E-state index in [9.17, 15) is 141 Å². The SMILES string of the molecule is CC[C@H](C)[C@H](NC(=O)[C@H](CO)NC(=O)[C@@H](NC(=O)[C@H](CS)NC(=O)[C@H](CS)NC(=O)[C@H](CCC(N)=O)NC(=O)[C@@H](N)CCC(=O)O)[C@@H](C)O)C(=O)N[C@@H](CS)C(=O)N[C@@H](CO)C(=O)N[C@@H](CC(C)C)C(=O)N[C@@H](Cc1ccc(O)cc1)C(=O)N[C@@H](CCC(N)=O)C(=O)N[C@@H](CC(C)C)C(=O)N[C@@H](CCC(=O)O)C(=O)N[C@@H](CC(N)=O)C(=O)N[C@@H](Cc1ccc(O)cc1)C(=O)N[C@@H](CS)C(=O)O. The molecular formula is C82H126N20O30S4. The average molecular weight is 2000 g/mol. The molecule has 0 bridgehead atoms. The predicted octanol–water partition coefficient (Wildman–Crippen LogP) is -9.59. The van der Waals surface area contributed by atoms with E-state index in [1.165, 1.54) is 55.5 Å². The van der Waals surface area contributed by atoms with Crippen LogP contribution in [0.1, 0.15) is 137 Å². The molecule has 0 aliphatic heterocycles. The molecule has 0 spiro atoms. The molecule has 0 aliphatic rings. The minimum atomic E-state index is -1.99. The Bertz CT molecular complexity index is 4490. The van der Waals surface area contributed by atoms with Crippen LogP contribution >= 0.6 is 50.5 Å². The van der Waals surface area contributed by atoms with Crippen LogP contribution in [0.5, 0.6) is 11.5 Å². The molecule has 19 atom stereocenters. The van der Waals surface area contributed by atoms with Gasteiger partial charge in [0.25, 0.3) is 0 Å². The molecule has 758 valence electrons. The molecule has 54 heteroatoms. The van der Waals surface area contributed by atoms with Crippen LogP contribution in [0.4, 0.5) is 0 Å². The van der Waals surface area contributed by atoms with Gasteiger partial charge in [-0.2, -0.15) is 50.5 Å². The summed E-state index contributed by atoms with van der Waals surface area (Å²) in [7, 11) is 0. The summed E-state index contributed by atoms with van der Waals surface area (Å²) in [5.41, 5.74) is 22.6. The largest absolute Gasteiger partial charge is 0.508 e. The number of phenolic OH excluding ortho intramolecular Hbond substituents is 2. The number of aliphatic hydroxyl groups excluding tert-OH is 3. The fourth-order valence-corrected chi connectivity index (χ4v) is 13.6. The standard InChI is InChI=1S/C82H126N20O30S4/c1-8-38(6)64(101-76(125)54(31-104)96-81(130)65(39(7)105)102-79(128)57(34-135)98-78(127)55(32-133)97-69(118)45(18-21-59(84)108)87-66(115)44(83)17-23-62(111)112)80(129)99-56(33-134)77(126)95-53(30-103)75(124)91-49(26-37(4)5)71(120)92-50(27-40-9-13-42(106)14-10-40)72(121)88-46(19-22-60(85)109)67(116)90-48(25-36(2)3)70(119)89-47(20-24-63(113)114)68(117)94-52(29-61(86)110)74(123)93-51(28-41-11-15-43(107)16-12-41)73(122)100-58(35-136)82(131)132/h9-16,36-39,44-58,64-65,103-107,133-136H,8,17-35,83H2,1-7H3,(H2,84,108)(H2,85,109)(H2,86,110)(H,87,115)(H,88,121)(H,89,119)(H,90,116)(H,91,124)(H,92,120)(H,93,123)(H,94,117)(H,95,126)(H,96,130)(H,97,118)(H,98,127)(H,99,129)(H,100,122)(H,101,125)(H,102,128)(H,111,112)(H,113,114)(H,131,132)/t38-,39+,44-,45-,46-,47-,48-,49-,50-,51-,52-,53-,54-,55-,56-,57-,58-,64-,65-/m0/s1. The van der Waals surface area contributed by atoms with Crippen LogP contribution < -0.4 is 108 Å². The number of thiol groups is 4. The Morgan fingerprint density at radius 1 is 0.316 bits per heavy atom. The summed E-state index contributed by atoms with van der Waals surface area (Å²) in [5.74, 6) is -30.4. The number of benzene rings is 2. The molecule has 50 nitrogen and oxygen atoms in total. The summed E-state index contributed by atoms with van der Waals surface area (Å²) < 4.78 is 0. The molecule has 32 N–H and O–H groups in total. The summed E-state index contributed by atoms with van der Waals surface area (Å²) in [6, 6.07) is -19.3. The van der Waals surface area contributed by atoms with Crippen LogP contribution in [0.15, 0.2) is 48.5 Å². The van der Waals surface area contributed by atoms with Gasteiger partial charge in [-0.3, -0.25) is 101 Å². The number of hydrogen-bond acceptors (Lipinski definition) is 32. The van der Waals surface area contributed by atoms with Gasteiger partial charge in [0.15, 0.2) is 0 Å². The topological polar surface area (TPSA) is 834 Å². The number of rotatable bonds is 64. The summed E-state index contributed by atoms with van der Waals surface area (Å²) in [6.07, 6.45) is -8.58. The lowest BCUT2D eigenvalue weighted by Gasteiger charge is -2.29. The number of nitrogens with one attached hydrogen (secondary N) is 16. The molecule has 0 fully saturated rings. The zero-order valence-corrected chi connectivity index (χ0v) is 79.1. The maximum Gasteiger partial charge on any atom is 0.327 e. The normalized spacial score (nSPS) is 15.3. The number of carboxylic acids is 3. The number of carboxylic acid groups (broad SMARTS) is 3. The number of carbonyl (C=O) groups is 22. The van der Waals surface area contributed by atoms with Crippen LogP contribution in [-0.2, 0) is 118 Å². The van der Waals surface area contributed by atoms with Crippen LogP contribution in [-0.4, -0.2) is 316 Å². The Kier molecular flexibility index (Phi) is 53.6. The predicted molar refractivity (Wildman–Crippen MR) is 494 cm³/mol. The van der Waals surface area contributed by atoms with Crippen molar-refractivity contribution in [3.8, 4) is 11.5 Å². The van der Waals surface area contributed by atoms with Crippen molar-refractivity contribution in [2.24, 2.45) is 40.7 Å². The highest BCUT2D eigenvalue weighted by molar-refractivity contribution is 7.80. The zero-order valence-electron chi connectivity index (χ0n) is 75.5. The summed E-state index contributed by atoms with van der Waals surface area (Å²) in [6.45, 7) is 8.12. The highest BCUT2D eigenvalue weighted by Crippen LogP contribution is 2.19. The third-order valence-corrected chi connectivity index (χ3v) is 21.8. The lowest BCUT2D eigenvalue weighted by molar-refractivity contribution is -0.142. The van der Waals surface area contributed by atoms with E-state index in [0.717, 1.165) is 6.92 Å². The van der Waals surface area contributed by atoms with Gasteiger partial charge in [-0.25, -0.2) is 4.79 Å². The molecule has 0 heterocycles. The molecule has 0 aromatic heterocycles. The number of amides is 19. The first-order valence-corrected chi connectivity index (χ1v) is 45.3. The second kappa shape index (κ2) is 60.9. The molecule has 2 aromatic rings. The van der Waals surface area contributed by atoms with E-state index < -0.39 is 351 Å². The first-order chi connectivity index (χ1) is 63.8. The monoisotopic (exact) mass is 2000 g/mol. The van der Waals surface area contributed by atoms with Crippen molar-refractivity contribution in [1.29, 1.82) is 0 Å². The number of hydrogen-bond donors (Lipinski definition) is 32. The van der Waals surface area contributed by atoms with Crippen molar-refractivity contribution < 1.29 is 146 Å². The Labute approximate surface area is 803 Å². The van der Waals surface area contributed by atoms with Crippen molar-refractivity contribution in [1.82, 2.24) is 85.1 Å². The summed E-state index contributed by atoms with van der Waals surface area (Å²) in [4.78, 5) is 296. The third-order valence-electron chi connectivity index (χ3n) is 20.4. The number of aromatic hydroxyl groups is 2. The van der Waals surface area contributed by atoms with Gasteiger partial charge in [0.2, 0.25) is 112 Å². The molecule has 0 radical (unpaired) electrons. The molecule has 0 unspecified atom stereocenters. The highest BCUT2D eigenvalue weighted by Gasteiger charge is 2.41. The number of nitrogens with two attached hydrogens (primary N) is 4. The van der Waals surface area contributed by atoms with Crippen molar-refractivity contribution in [2.75, 3.05) is 36.2 Å². The maximum absolute atomic E-state index is 14.8. The third kappa shape index (κ3) is 43.5. The number of primary amides is 3. The van der Waals surface area contributed by atoms with Gasteiger partial charge in [0.1, 0.15) is 108 Å². The molecule has 136 heavy (non-hydrogen) atoms. The van der Waals surface area contributed by atoms with Gasteiger partial charge >= 0.3 is 17.9 Å². The zero-order chi connectivity index (χ0) is 103. The van der Waals surface area contributed by atoms with E-state index in [0.29, 0.717) is 5.56 Å². The smallest absolute Gasteiger partial charge is 0.327 e. The van der Waals surface area contributed by atoms with Crippen LogP contribution in [0.3, 0.4) is 0 Å². The minimum absolute atomic E-state index is 0.123. The Morgan fingerprint density at radius 2 is 0.581 bits per heavy atom. The van der Waals surface area contributed by atoms with Crippen molar-refractivity contribution in [2.45, 2.75) is 247 Å². The molecule has 0 aliphatic carbocycles. The van der Waals surface area contributed by atoms with Gasteiger partial charge in [-0.05, 0) is 98.6 Å². The van der Waals surface area contributed by atoms with E-state index in [4.69, 9.17) is 28.0 Å². The number of aliphatic carboxylic acids is 3. The molecule has 2 aromatic carbocycles. The molecule has 2 rings (SSSR count). The number of carbonyl (C=O) groups excluding carboxylic acids is 19. The second-order valence-corrected chi connectivity index (χ2v) is 34.0. The van der Waals surface area contributed by atoms with E-state index >= 15 is 0 Å². The highest BCUT2D eigenvalue weighted by atomic mass is 32.1. The van der Waals surface area contributed by atoms with Crippen molar-refractivity contribution in [3.05, 3.63) is 59.7 Å². The number of phenols is 2. The fourth-order valence-electron chi connectivity index (χ4n) is 12.6. The second-order valence-electron chi connectivity index (χ2n) is 32.5. The van der Waals surface area contributed by atoms with Crippen LogP contribution in [0.2, 0.25) is 0 Å². The van der Waals surface area contributed by atoms with E-state index in [1.807, 2.05) is 0 Å². The fraction of sp³-hybridized carbons (Fsp3) is 0.585. The van der Waals surface area contributed by atoms with Crippen molar-refractivity contribution in [3.63, 3.8) is 0 Å². The van der Waals surface area contributed by atoms with Crippen molar-refractivity contribution >= 4 is 181 Å². The van der Waals surface area contributed by atoms with Gasteiger partial charge in [0, 0.05) is 61.5 Å². The number of aliphatic hydroxyl groups is 3. The molecular weight excluding hydrogens is 1870 g/mol. The minimum Gasteiger partial charge on any atom is -0.508 e. The van der Waals surface area contributed by atoms with Gasteiger partial charge in [0.05, 0.1) is 31.8 Å². The Hall–Kier alpha value is -12.4. The Balaban J connectivity index is 2.48. The Morgan fingerprint density at radius 3 is 0.926 bits per heavy atom. The maximum atomic E-state index is 14.8. The average Bonchev–Trinajstić information content (AvgIpc) is 0.847. The molecule has 0 saturated carbocycles. The first-order valence-electron chi connectivity index (χ1n) is 42.8. The summed E-state index contributed by atoms with van der Waals surface area (Å²) in [5, 5.41) is 117. The lowest BCUT2D eigenvalue weighted by Crippen LogP contribution is -2.63. The first kappa shape index (κ1) is 120. The lowest BCUT2D eigenvalue weighted by atomic mass is 9.97. The molecule has 19 amide bonds. The van der Waals surface area contributed by atoms with E-state index in [2.05, 4.69) is 136 Å². The summed E-state index contributed by atoms with van der Waals surface area (Å²) >= 11 is 16.4.